The van der Waals surface area contributed by atoms with E-state index >= 15 is 0 Å². The van der Waals surface area contributed by atoms with Gasteiger partial charge >= 0.3 is 0 Å². The Bertz CT molecular complexity index is 865. The molecule has 0 aliphatic carbocycles. The SMILES string of the molecule is Cc1cn2cccc(C#N)c2c1-c1c[nH]ccc1=O. The third kappa shape index (κ3) is 1.64. The van der Waals surface area contributed by atoms with E-state index in [4.69, 9.17) is 0 Å². The first kappa shape index (κ1) is 11.3. The molecule has 0 unspecified atom stereocenters. The van der Waals surface area contributed by atoms with E-state index < -0.39 is 0 Å². The number of aromatic nitrogens is 2. The number of nitrogens with zero attached hydrogens (tertiary/aromatic N) is 2. The highest BCUT2D eigenvalue weighted by molar-refractivity contribution is 5.87. The average molecular weight is 249 g/mol. The van der Waals surface area contributed by atoms with Crippen molar-refractivity contribution in [2.24, 2.45) is 0 Å². The van der Waals surface area contributed by atoms with Gasteiger partial charge in [0.2, 0.25) is 0 Å². The molecular weight excluding hydrogens is 238 g/mol. The Morgan fingerprint density at radius 2 is 2.21 bits per heavy atom. The molecular formula is C15H11N3O. The molecule has 0 saturated carbocycles. The van der Waals surface area contributed by atoms with Gasteiger partial charge in [0.1, 0.15) is 6.07 Å². The van der Waals surface area contributed by atoms with E-state index in [0.29, 0.717) is 11.1 Å². The molecule has 3 aromatic heterocycles. The van der Waals surface area contributed by atoms with E-state index in [0.717, 1.165) is 16.6 Å². The van der Waals surface area contributed by atoms with Gasteiger partial charge in [-0.1, -0.05) is 0 Å². The number of fused-ring (bicyclic) bond motifs is 1. The summed E-state index contributed by atoms with van der Waals surface area (Å²) in [6.45, 7) is 1.94. The van der Waals surface area contributed by atoms with Crippen LogP contribution >= 0.6 is 0 Å². The fourth-order valence-electron chi connectivity index (χ4n) is 2.40. The van der Waals surface area contributed by atoms with Gasteiger partial charge in [0, 0.05) is 42.0 Å². The van der Waals surface area contributed by atoms with E-state index in [1.165, 1.54) is 6.07 Å². The summed E-state index contributed by atoms with van der Waals surface area (Å²) in [6, 6.07) is 7.26. The normalized spacial score (nSPS) is 10.5. The van der Waals surface area contributed by atoms with Gasteiger partial charge in [-0.15, -0.1) is 0 Å². The maximum absolute atomic E-state index is 12.0. The Kier molecular flexibility index (Phi) is 2.46. The lowest BCUT2D eigenvalue weighted by atomic mass is 10.0. The highest BCUT2D eigenvalue weighted by Gasteiger charge is 2.15. The molecule has 3 rings (SSSR count). The van der Waals surface area contributed by atoms with Crippen LogP contribution in [0.15, 0.2) is 47.8 Å². The van der Waals surface area contributed by atoms with E-state index in [-0.39, 0.29) is 5.43 Å². The summed E-state index contributed by atoms with van der Waals surface area (Å²) in [4.78, 5) is 14.9. The lowest BCUT2D eigenvalue weighted by Crippen LogP contribution is -2.03. The monoisotopic (exact) mass is 249 g/mol. The molecule has 0 saturated heterocycles. The van der Waals surface area contributed by atoms with E-state index in [1.807, 2.05) is 29.8 Å². The number of aryl methyl sites for hydroxylation is 1. The van der Waals surface area contributed by atoms with Crippen molar-refractivity contribution < 1.29 is 0 Å². The molecule has 0 aliphatic heterocycles. The molecule has 0 radical (unpaired) electrons. The molecule has 0 bridgehead atoms. The van der Waals surface area contributed by atoms with Gasteiger partial charge < -0.3 is 9.38 Å². The van der Waals surface area contributed by atoms with Gasteiger partial charge in [0.15, 0.2) is 5.43 Å². The first-order valence-electron chi connectivity index (χ1n) is 5.90. The quantitative estimate of drug-likeness (QED) is 0.720. The highest BCUT2D eigenvalue weighted by atomic mass is 16.1. The van der Waals surface area contributed by atoms with Gasteiger partial charge in [0.05, 0.1) is 11.1 Å². The zero-order chi connectivity index (χ0) is 13.4. The van der Waals surface area contributed by atoms with Crippen molar-refractivity contribution in [2.75, 3.05) is 0 Å². The summed E-state index contributed by atoms with van der Waals surface area (Å²) in [7, 11) is 0. The summed E-state index contributed by atoms with van der Waals surface area (Å²) in [5.74, 6) is 0. The maximum atomic E-state index is 12.0. The summed E-state index contributed by atoms with van der Waals surface area (Å²) in [6.07, 6.45) is 7.09. The second-order valence-electron chi connectivity index (χ2n) is 4.40. The van der Waals surface area contributed by atoms with Gasteiger partial charge in [-0.2, -0.15) is 5.26 Å². The van der Waals surface area contributed by atoms with Crippen LogP contribution in [0.3, 0.4) is 0 Å². The van der Waals surface area contributed by atoms with Crippen LogP contribution in [-0.2, 0) is 0 Å². The molecule has 19 heavy (non-hydrogen) atoms. The predicted molar refractivity (Wildman–Crippen MR) is 72.9 cm³/mol. The maximum Gasteiger partial charge on any atom is 0.189 e. The molecule has 0 aliphatic rings. The molecule has 4 heteroatoms. The van der Waals surface area contributed by atoms with Crippen LogP contribution in [0.5, 0.6) is 0 Å². The minimum atomic E-state index is -0.0531. The Balaban J connectivity index is 2.49. The van der Waals surface area contributed by atoms with Gasteiger partial charge in [0.25, 0.3) is 0 Å². The molecule has 0 amide bonds. The Labute approximate surface area is 109 Å². The number of H-pyrrole nitrogens is 1. The Morgan fingerprint density at radius 3 is 2.95 bits per heavy atom. The summed E-state index contributed by atoms with van der Waals surface area (Å²) >= 11 is 0. The van der Waals surface area contributed by atoms with Crippen molar-refractivity contribution in [3.8, 4) is 17.2 Å². The molecule has 0 fully saturated rings. The summed E-state index contributed by atoms with van der Waals surface area (Å²) < 4.78 is 1.88. The van der Waals surface area contributed by atoms with Crippen LogP contribution in [-0.4, -0.2) is 9.38 Å². The van der Waals surface area contributed by atoms with Crippen molar-refractivity contribution in [3.63, 3.8) is 0 Å². The zero-order valence-electron chi connectivity index (χ0n) is 10.3. The third-order valence-electron chi connectivity index (χ3n) is 3.20. The zero-order valence-corrected chi connectivity index (χ0v) is 10.3. The van der Waals surface area contributed by atoms with E-state index in [1.54, 1.807) is 18.5 Å². The largest absolute Gasteiger partial charge is 0.367 e. The van der Waals surface area contributed by atoms with Crippen LogP contribution in [0.25, 0.3) is 16.6 Å². The smallest absolute Gasteiger partial charge is 0.189 e. The average Bonchev–Trinajstić information content (AvgIpc) is 2.75. The number of rotatable bonds is 1. The first-order valence-corrected chi connectivity index (χ1v) is 5.90. The number of nitriles is 1. The van der Waals surface area contributed by atoms with Crippen LogP contribution in [0.1, 0.15) is 11.1 Å². The standard InChI is InChI=1S/C15H11N3O/c1-10-9-18-6-2-3-11(7-16)15(18)14(10)12-8-17-5-4-13(12)19/h2-6,8-9H,1H3,(H,17,19). The van der Waals surface area contributed by atoms with Crippen molar-refractivity contribution in [2.45, 2.75) is 6.92 Å². The Hall–Kier alpha value is -2.80. The first-order chi connectivity index (χ1) is 9.22. The second-order valence-corrected chi connectivity index (χ2v) is 4.40. The minimum absolute atomic E-state index is 0.0531. The number of nitrogens with one attached hydrogen (secondary N) is 1. The van der Waals surface area contributed by atoms with Crippen LogP contribution in [0.4, 0.5) is 0 Å². The highest BCUT2D eigenvalue weighted by Crippen LogP contribution is 2.29. The molecule has 0 aromatic carbocycles. The van der Waals surface area contributed by atoms with Gasteiger partial charge in [-0.05, 0) is 24.6 Å². The van der Waals surface area contributed by atoms with Crippen LogP contribution in [0.2, 0.25) is 0 Å². The molecule has 92 valence electrons. The van der Waals surface area contributed by atoms with Crippen LogP contribution < -0.4 is 5.43 Å². The van der Waals surface area contributed by atoms with Crippen molar-refractivity contribution in [3.05, 3.63) is 64.3 Å². The lowest BCUT2D eigenvalue weighted by molar-refractivity contribution is 1.18. The minimum Gasteiger partial charge on any atom is -0.367 e. The summed E-state index contributed by atoms with van der Waals surface area (Å²) in [5.41, 5.74) is 3.67. The van der Waals surface area contributed by atoms with Crippen molar-refractivity contribution in [1.29, 1.82) is 5.26 Å². The number of hydrogen-bond acceptors (Lipinski definition) is 2. The van der Waals surface area contributed by atoms with E-state index in [9.17, 15) is 10.1 Å². The molecule has 1 N–H and O–H groups in total. The topological polar surface area (TPSA) is 61.1 Å². The van der Waals surface area contributed by atoms with Gasteiger partial charge in [-0.3, -0.25) is 4.79 Å². The molecule has 3 heterocycles. The lowest BCUT2D eigenvalue weighted by Gasteiger charge is -2.03. The fourth-order valence-corrected chi connectivity index (χ4v) is 2.40. The predicted octanol–water partition coefficient (Wildman–Crippen LogP) is 2.47. The van der Waals surface area contributed by atoms with Crippen LogP contribution in [0, 0.1) is 18.3 Å². The third-order valence-corrected chi connectivity index (χ3v) is 3.20. The van der Waals surface area contributed by atoms with Crippen molar-refractivity contribution >= 4 is 5.52 Å². The molecule has 3 aromatic rings. The molecule has 4 nitrogen and oxygen atoms in total. The second kappa shape index (κ2) is 4.14. The molecule has 0 spiro atoms. The van der Waals surface area contributed by atoms with E-state index in [2.05, 4.69) is 11.1 Å². The number of aromatic amines is 1. The van der Waals surface area contributed by atoms with Crippen molar-refractivity contribution in [1.82, 2.24) is 9.38 Å². The number of hydrogen-bond donors (Lipinski definition) is 1. The van der Waals surface area contributed by atoms with Gasteiger partial charge in [-0.25, -0.2) is 0 Å². The summed E-state index contributed by atoms with van der Waals surface area (Å²) in [5, 5.41) is 9.24. The Morgan fingerprint density at radius 1 is 1.37 bits per heavy atom. The molecule has 0 atom stereocenters. The number of pyridine rings is 2. The fraction of sp³-hybridized carbons (Fsp3) is 0.0667.